The van der Waals surface area contributed by atoms with Crippen LogP contribution in [0.3, 0.4) is 0 Å². The fourth-order valence-corrected chi connectivity index (χ4v) is 6.00. The molecule has 2 aliphatic heterocycles. The maximum atomic E-state index is 13.7. The molecule has 2 aromatic carbocycles. The Balaban J connectivity index is 1.22. The van der Waals surface area contributed by atoms with Crippen LogP contribution >= 0.6 is 0 Å². The van der Waals surface area contributed by atoms with Crippen molar-refractivity contribution in [2.24, 2.45) is 0 Å². The molecule has 1 N–H and O–H groups in total. The van der Waals surface area contributed by atoms with Crippen LogP contribution in [-0.2, 0) is 0 Å². The Kier molecular flexibility index (Phi) is 6.85. The summed E-state index contributed by atoms with van der Waals surface area (Å²) in [6.07, 6.45) is 3.88. The molecular weight excluding hydrogens is 484 g/mol. The van der Waals surface area contributed by atoms with E-state index in [1.165, 1.54) is 11.1 Å². The number of rotatable bonds is 4. The van der Waals surface area contributed by atoms with Gasteiger partial charge >= 0.3 is 0 Å². The van der Waals surface area contributed by atoms with Crippen LogP contribution in [0.5, 0.6) is 0 Å². The summed E-state index contributed by atoms with van der Waals surface area (Å²) in [7, 11) is 2.16. The Bertz CT molecular complexity index is 1490. The van der Waals surface area contributed by atoms with Gasteiger partial charge in [-0.1, -0.05) is 35.9 Å². The number of likely N-dealkylation sites (N-methyl/N-ethyl adjacent to an activating group) is 1. The van der Waals surface area contributed by atoms with Gasteiger partial charge in [0.2, 0.25) is 0 Å². The molecule has 0 radical (unpaired) electrons. The number of likely N-dealkylation sites (tertiary alicyclic amines) is 1. The van der Waals surface area contributed by atoms with Crippen molar-refractivity contribution in [2.75, 3.05) is 51.2 Å². The van der Waals surface area contributed by atoms with Gasteiger partial charge in [-0.15, -0.1) is 0 Å². The summed E-state index contributed by atoms with van der Waals surface area (Å²) >= 11 is 0. The zero-order valence-corrected chi connectivity index (χ0v) is 23.5. The lowest BCUT2D eigenvalue weighted by molar-refractivity contribution is 0.0712. The number of nitrogens with zero attached hydrogens (tertiary/aromatic N) is 5. The molecule has 2 aromatic heterocycles. The van der Waals surface area contributed by atoms with Crippen molar-refractivity contribution in [3.8, 4) is 11.4 Å². The Morgan fingerprint density at radius 2 is 1.62 bits per heavy atom. The smallest absolute Gasteiger partial charge is 0.254 e. The van der Waals surface area contributed by atoms with E-state index >= 15 is 0 Å². The van der Waals surface area contributed by atoms with Crippen LogP contribution in [0, 0.1) is 20.8 Å². The van der Waals surface area contributed by atoms with Gasteiger partial charge in [-0.3, -0.25) is 4.79 Å². The van der Waals surface area contributed by atoms with Crippen LogP contribution in [0.2, 0.25) is 0 Å². The first-order valence-electron chi connectivity index (χ1n) is 14.1. The fourth-order valence-electron chi connectivity index (χ4n) is 6.00. The molecule has 7 nitrogen and oxygen atoms in total. The summed E-state index contributed by atoms with van der Waals surface area (Å²) in [4.78, 5) is 33.5. The number of amides is 1. The van der Waals surface area contributed by atoms with Crippen LogP contribution < -0.4 is 4.90 Å². The lowest BCUT2D eigenvalue weighted by Gasteiger charge is -2.33. The monoisotopic (exact) mass is 522 g/mol. The maximum absolute atomic E-state index is 13.7. The Labute approximate surface area is 230 Å². The molecule has 0 spiro atoms. The highest BCUT2D eigenvalue weighted by Gasteiger charge is 2.26. The number of benzene rings is 2. The van der Waals surface area contributed by atoms with E-state index in [9.17, 15) is 4.79 Å². The first-order valence-corrected chi connectivity index (χ1v) is 14.1. The zero-order valence-electron chi connectivity index (χ0n) is 23.5. The number of carbonyl (C=O) groups excluding carboxylic acids is 1. The minimum absolute atomic E-state index is 0.117. The molecule has 0 bridgehead atoms. The van der Waals surface area contributed by atoms with Crippen molar-refractivity contribution in [1.82, 2.24) is 24.8 Å². The van der Waals surface area contributed by atoms with E-state index < -0.39 is 0 Å². The first kappa shape index (κ1) is 25.6. The number of aryl methyl sites for hydroxylation is 3. The fraction of sp³-hybridized carbons (Fsp3) is 0.406. The highest BCUT2D eigenvalue weighted by Crippen LogP contribution is 2.31. The molecule has 4 heterocycles. The molecule has 202 valence electrons. The number of pyridine rings is 1. The van der Waals surface area contributed by atoms with Gasteiger partial charge in [-0.2, -0.15) is 0 Å². The van der Waals surface area contributed by atoms with Crippen molar-refractivity contribution in [3.05, 3.63) is 76.5 Å². The number of imidazole rings is 1. The molecular formula is C32H38N6O. The van der Waals surface area contributed by atoms with Gasteiger partial charge < -0.3 is 19.7 Å². The zero-order chi connectivity index (χ0) is 27.1. The van der Waals surface area contributed by atoms with Crippen molar-refractivity contribution in [1.29, 1.82) is 0 Å². The SMILES string of the molecule is Cc1ccc(C2CCN(C(=O)c3cc(-c4nc5cc(N6CCN(C)CC6)ncc5[nH]4)c(C)cc3C)CC2)cc1. The highest BCUT2D eigenvalue weighted by molar-refractivity contribution is 5.97. The second-order valence-corrected chi connectivity index (χ2v) is 11.4. The van der Waals surface area contributed by atoms with E-state index in [0.717, 1.165) is 97.0 Å². The molecule has 4 aromatic rings. The third-order valence-electron chi connectivity index (χ3n) is 8.57. The molecule has 0 unspecified atom stereocenters. The van der Waals surface area contributed by atoms with Crippen LogP contribution in [0.15, 0.2) is 48.7 Å². The summed E-state index contributed by atoms with van der Waals surface area (Å²) in [5, 5.41) is 0. The average Bonchev–Trinajstić information content (AvgIpc) is 3.37. The minimum Gasteiger partial charge on any atom is -0.354 e. The maximum Gasteiger partial charge on any atom is 0.254 e. The number of aromatic amines is 1. The number of fused-ring (bicyclic) bond motifs is 1. The largest absolute Gasteiger partial charge is 0.354 e. The Morgan fingerprint density at radius 1 is 0.897 bits per heavy atom. The van der Waals surface area contributed by atoms with Gasteiger partial charge in [0.15, 0.2) is 0 Å². The number of aromatic nitrogens is 3. The standard InChI is InChI=1S/C32H38N6O/c1-21-5-7-24(8-6-21)25-9-11-38(12-10-25)32(39)27-18-26(22(2)17-23(27)3)31-34-28-19-30(33-20-29(28)35-31)37-15-13-36(4)14-16-37/h5-8,17-20,25H,9-16H2,1-4H3,(H,34,35). The second kappa shape index (κ2) is 10.5. The van der Waals surface area contributed by atoms with E-state index in [1.807, 2.05) is 24.1 Å². The van der Waals surface area contributed by atoms with Crippen LogP contribution in [-0.4, -0.2) is 77.0 Å². The molecule has 1 amide bonds. The normalized spacial score (nSPS) is 17.2. The van der Waals surface area contributed by atoms with E-state index in [-0.39, 0.29) is 5.91 Å². The van der Waals surface area contributed by atoms with Crippen molar-refractivity contribution in [3.63, 3.8) is 0 Å². The minimum atomic E-state index is 0.117. The molecule has 6 rings (SSSR count). The molecule has 0 atom stereocenters. The summed E-state index contributed by atoms with van der Waals surface area (Å²) in [6.45, 7) is 11.8. The number of carbonyl (C=O) groups is 1. The van der Waals surface area contributed by atoms with E-state index in [0.29, 0.717) is 5.92 Å². The van der Waals surface area contributed by atoms with E-state index in [4.69, 9.17) is 9.97 Å². The molecule has 7 heteroatoms. The van der Waals surface area contributed by atoms with Gasteiger partial charge in [0.1, 0.15) is 11.6 Å². The van der Waals surface area contributed by atoms with Gasteiger partial charge in [0.05, 0.1) is 17.2 Å². The molecule has 0 saturated carbocycles. The highest BCUT2D eigenvalue weighted by atomic mass is 16.2. The summed E-state index contributed by atoms with van der Waals surface area (Å²) in [6, 6.07) is 15.1. The number of piperazine rings is 1. The topological polar surface area (TPSA) is 68.4 Å². The Morgan fingerprint density at radius 3 is 2.33 bits per heavy atom. The molecule has 2 saturated heterocycles. The first-order chi connectivity index (χ1) is 18.9. The number of piperidine rings is 1. The third kappa shape index (κ3) is 5.15. The number of hydrogen-bond acceptors (Lipinski definition) is 5. The number of anilines is 1. The molecule has 39 heavy (non-hydrogen) atoms. The van der Waals surface area contributed by atoms with Crippen molar-refractivity contribution >= 4 is 22.8 Å². The summed E-state index contributed by atoms with van der Waals surface area (Å²) < 4.78 is 0. The van der Waals surface area contributed by atoms with Crippen LogP contribution in [0.4, 0.5) is 5.82 Å². The average molecular weight is 523 g/mol. The van der Waals surface area contributed by atoms with Crippen molar-refractivity contribution < 1.29 is 4.79 Å². The second-order valence-electron chi connectivity index (χ2n) is 11.4. The third-order valence-corrected chi connectivity index (χ3v) is 8.57. The van der Waals surface area contributed by atoms with Crippen LogP contribution in [0.1, 0.15) is 51.4 Å². The summed E-state index contributed by atoms with van der Waals surface area (Å²) in [5.74, 6) is 2.39. The predicted molar refractivity (Wildman–Crippen MR) is 158 cm³/mol. The van der Waals surface area contributed by atoms with Crippen LogP contribution in [0.25, 0.3) is 22.4 Å². The molecule has 2 fully saturated rings. The van der Waals surface area contributed by atoms with E-state index in [1.54, 1.807) is 0 Å². The molecule has 2 aliphatic rings. The van der Waals surface area contributed by atoms with Gasteiger partial charge in [-0.25, -0.2) is 9.97 Å². The number of nitrogens with one attached hydrogen (secondary N) is 1. The van der Waals surface area contributed by atoms with Gasteiger partial charge in [-0.05, 0) is 69.3 Å². The molecule has 0 aliphatic carbocycles. The number of hydrogen-bond donors (Lipinski definition) is 1. The Hall–Kier alpha value is -3.71. The lowest BCUT2D eigenvalue weighted by atomic mass is 9.88. The van der Waals surface area contributed by atoms with Gasteiger partial charge in [0.25, 0.3) is 5.91 Å². The lowest BCUT2D eigenvalue weighted by Crippen LogP contribution is -2.44. The van der Waals surface area contributed by atoms with E-state index in [2.05, 4.69) is 72.1 Å². The predicted octanol–water partition coefficient (Wildman–Crippen LogP) is 5.32. The van der Waals surface area contributed by atoms with Crippen molar-refractivity contribution in [2.45, 2.75) is 39.5 Å². The summed E-state index contributed by atoms with van der Waals surface area (Å²) in [5.41, 5.74) is 8.33. The number of H-pyrrole nitrogens is 1. The van der Waals surface area contributed by atoms with Gasteiger partial charge in [0, 0.05) is 56.5 Å². The quantitative estimate of drug-likeness (QED) is 0.393.